The Morgan fingerprint density at radius 1 is 0.952 bits per heavy atom. The predicted octanol–water partition coefficient (Wildman–Crippen LogP) is 3.26. The summed E-state index contributed by atoms with van der Waals surface area (Å²) < 4.78 is 1.85. The van der Waals surface area contributed by atoms with E-state index >= 15 is 0 Å². The lowest BCUT2D eigenvalue weighted by Crippen LogP contribution is -1.96. The molecule has 3 heterocycles. The van der Waals surface area contributed by atoms with Crippen molar-refractivity contribution >= 4 is 5.65 Å². The average molecular weight is 271 g/mol. The standard InChI is InChI=1S/C17H11N4/c1-2-5-13(6-3-1)16-12-19-17-9-8-15(20-21(16)17)14-7-4-10-18-11-14/h1-2,4-12H. The van der Waals surface area contributed by atoms with E-state index in [9.17, 15) is 0 Å². The van der Waals surface area contributed by atoms with Crippen molar-refractivity contribution in [2.45, 2.75) is 0 Å². The van der Waals surface area contributed by atoms with Crippen LogP contribution in [0.15, 0.2) is 67.1 Å². The molecule has 0 bridgehead atoms. The average Bonchev–Trinajstić information content (AvgIpc) is 2.99. The fraction of sp³-hybridized carbons (Fsp3) is 0. The van der Waals surface area contributed by atoms with E-state index in [0.29, 0.717) is 0 Å². The van der Waals surface area contributed by atoms with Crippen LogP contribution < -0.4 is 0 Å². The normalized spacial score (nSPS) is 10.9. The molecule has 3 aromatic heterocycles. The van der Waals surface area contributed by atoms with Gasteiger partial charge in [-0.1, -0.05) is 18.2 Å². The fourth-order valence-corrected chi connectivity index (χ4v) is 2.29. The Labute approximate surface area is 121 Å². The molecule has 0 N–H and O–H groups in total. The highest BCUT2D eigenvalue weighted by molar-refractivity contribution is 5.65. The van der Waals surface area contributed by atoms with Gasteiger partial charge in [0.15, 0.2) is 5.65 Å². The van der Waals surface area contributed by atoms with Crippen molar-refractivity contribution < 1.29 is 0 Å². The highest BCUT2D eigenvalue weighted by Crippen LogP contribution is 2.22. The molecule has 4 aromatic rings. The first-order valence-corrected chi connectivity index (χ1v) is 6.63. The van der Waals surface area contributed by atoms with Crippen LogP contribution in [0.25, 0.3) is 28.2 Å². The molecule has 4 nitrogen and oxygen atoms in total. The molecule has 99 valence electrons. The van der Waals surface area contributed by atoms with Gasteiger partial charge < -0.3 is 0 Å². The van der Waals surface area contributed by atoms with Crippen molar-refractivity contribution in [1.29, 1.82) is 0 Å². The Bertz CT molecular complexity index is 882. The molecule has 0 spiro atoms. The molecule has 0 unspecified atom stereocenters. The Morgan fingerprint density at radius 3 is 2.71 bits per heavy atom. The number of pyridine rings is 1. The van der Waals surface area contributed by atoms with E-state index in [2.05, 4.69) is 21.1 Å². The van der Waals surface area contributed by atoms with Gasteiger partial charge in [-0.3, -0.25) is 4.98 Å². The van der Waals surface area contributed by atoms with Crippen LogP contribution in [-0.2, 0) is 0 Å². The van der Waals surface area contributed by atoms with Gasteiger partial charge in [0.1, 0.15) is 0 Å². The number of fused-ring (bicyclic) bond motifs is 1. The number of benzene rings is 1. The van der Waals surface area contributed by atoms with Crippen LogP contribution in [-0.4, -0.2) is 19.6 Å². The number of aromatic nitrogens is 4. The maximum atomic E-state index is 4.68. The number of nitrogens with zero attached hydrogens (tertiary/aromatic N) is 4. The summed E-state index contributed by atoms with van der Waals surface area (Å²) in [6.07, 6.45) is 5.39. The van der Waals surface area contributed by atoms with Gasteiger partial charge >= 0.3 is 0 Å². The lowest BCUT2D eigenvalue weighted by Gasteiger charge is -2.04. The molecule has 0 saturated carbocycles. The van der Waals surface area contributed by atoms with E-state index in [0.717, 1.165) is 28.2 Å². The van der Waals surface area contributed by atoms with Gasteiger partial charge in [-0.25, -0.2) is 9.50 Å². The molecule has 0 amide bonds. The largest absolute Gasteiger partial charge is 0.264 e. The minimum absolute atomic E-state index is 0.821. The molecule has 0 aliphatic heterocycles. The SMILES string of the molecule is [c]1cccc(-c2cnc3ccc(-c4cccnc4)nn23)c1. The Morgan fingerprint density at radius 2 is 1.90 bits per heavy atom. The second-order valence-corrected chi connectivity index (χ2v) is 4.67. The highest BCUT2D eigenvalue weighted by atomic mass is 15.3. The molecule has 0 fully saturated rings. The first kappa shape index (κ1) is 11.8. The van der Waals surface area contributed by atoms with Crippen molar-refractivity contribution in [3.8, 4) is 22.5 Å². The van der Waals surface area contributed by atoms with Crippen LogP contribution in [0.5, 0.6) is 0 Å². The molecular weight excluding hydrogens is 260 g/mol. The smallest absolute Gasteiger partial charge is 0.154 e. The topological polar surface area (TPSA) is 43.1 Å². The fourth-order valence-electron chi connectivity index (χ4n) is 2.29. The van der Waals surface area contributed by atoms with E-state index in [4.69, 9.17) is 0 Å². The summed E-state index contributed by atoms with van der Waals surface area (Å²) in [4.78, 5) is 8.54. The number of imidazole rings is 1. The molecule has 4 rings (SSSR count). The maximum Gasteiger partial charge on any atom is 0.154 e. The zero-order chi connectivity index (χ0) is 14.1. The van der Waals surface area contributed by atoms with Crippen LogP contribution in [0.1, 0.15) is 0 Å². The van der Waals surface area contributed by atoms with Crippen molar-refractivity contribution in [1.82, 2.24) is 19.6 Å². The van der Waals surface area contributed by atoms with Gasteiger partial charge in [0.05, 0.1) is 17.6 Å². The number of hydrogen-bond donors (Lipinski definition) is 0. The molecule has 1 aromatic carbocycles. The second-order valence-electron chi connectivity index (χ2n) is 4.67. The van der Waals surface area contributed by atoms with Gasteiger partial charge in [-0.15, -0.1) is 0 Å². The summed E-state index contributed by atoms with van der Waals surface area (Å²) in [5, 5.41) is 4.68. The first-order valence-electron chi connectivity index (χ1n) is 6.63. The Balaban J connectivity index is 1.91. The molecular formula is C17H11N4. The molecule has 0 aliphatic carbocycles. The highest BCUT2D eigenvalue weighted by Gasteiger charge is 2.08. The Kier molecular flexibility index (Phi) is 2.71. The van der Waals surface area contributed by atoms with Crippen LogP contribution in [0.3, 0.4) is 0 Å². The summed E-state index contributed by atoms with van der Waals surface area (Å²) in [6.45, 7) is 0. The van der Waals surface area contributed by atoms with E-state index in [1.807, 2.05) is 59.2 Å². The molecule has 0 saturated heterocycles. The third-order valence-electron chi connectivity index (χ3n) is 3.32. The third-order valence-corrected chi connectivity index (χ3v) is 3.32. The van der Waals surface area contributed by atoms with E-state index in [1.165, 1.54) is 0 Å². The second kappa shape index (κ2) is 4.83. The molecule has 1 radical (unpaired) electrons. The lowest BCUT2D eigenvalue weighted by molar-refractivity contribution is 0.948. The number of hydrogen-bond acceptors (Lipinski definition) is 3. The van der Waals surface area contributed by atoms with Crippen LogP contribution in [0, 0.1) is 6.07 Å². The molecule has 21 heavy (non-hydrogen) atoms. The summed E-state index contributed by atoms with van der Waals surface area (Å²) in [5.74, 6) is 0. The lowest BCUT2D eigenvalue weighted by atomic mass is 10.2. The monoisotopic (exact) mass is 271 g/mol. The summed E-state index contributed by atoms with van der Waals surface area (Å²) in [6, 6.07) is 18.7. The minimum atomic E-state index is 0.821. The van der Waals surface area contributed by atoms with Crippen molar-refractivity contribution in [2.24, 2.45) is 0 Å². The summed E-state index contributed by atoms with van der Waals surface area (Å²) in [5.41, 5.74) is 4.67. The quantitative estimate of drug-likeness (QED) is 0.562. The third kappa shape index (κ3) is 2.07. The first-order chi connectivity index (χ1) is 10.4. The maximum absolute atomic E-state index is 4.68. The zero-order valence-electron chi connectivity index (χ0n) is 11.1. The van der Waals surface area contributed by atoms with Gasteiger partial charge in [0.2, 0.25) is 0 Å². The molecule has 0 atom stereocenters. The van der Waals surface area contributed by atoms with E-state index in [1.54, 1.807) is 12.4 Å². The molecule has 4 heteroatoms. The van der Waals surface area contributed by atoms with Gasteiger partial charge in [-0.05, 0) is 36.4 Å². The van der Waals surface area contributed by atoms with Gasteiger partial charge in [0, 0.05) is 23.5 Å². The zero-order valence-corrected chi connectivity index (χ0v) is 11.1. The predicted molar refractivity (Wildman–Crippen MR) is 80.5 cm³/mol. The van der Waals surface area contributed by atoms with Gasteiger partial charge in [0.25, 0.3) is 0 Å². The summed E-state index contributed by atoms with van der Waals surface area (Å²) in [7, 11) is 0. The van der Waals surface area contributed by atoms with Crippen molar-refractivity contribution in [3.63, 3.8) is 0 Å². The van der Waals surface area contributed by atoms with Crippen molar-refractivity contribution in [2.75, 3.05) is 0 Å². The van der Waals surface area contributed by atoms with Crippen LogP contribution >= 0.6 is 0 Å². The van der Waals surface area contributed by atoms with Crippen molar-refractivity contribution in [3.05, 3.63) is 73.2 Å². The number of rotatable bonds is 2. The van der Waals surface area contributed by atoms with Gasteiger partial charge in [-0.2, -0.15) is 5.10 Å². The minimum Gasteiger partial charge on any atom is -0.264 e. The van der Waals surface area contributed by atoms with Crippen LogP contribution in [0.4, 0.5) is 0 Å². The molecule has 0 aliphatic rings. The Hall–Kier alpha value is -3.01. The summed E-state index contributed by atoms with van der Waals surface area (Å²) >= 11 is 0. The van der Waals surface area contributed by atoms with E-state index in [-0.39, 0.29) is 0 Å². The van der Waals surface area contributed by atoms with E-state index < -0.39 is 0 Å². The van der Waals surface area contributed by atoms with Crippen LogP contribution in [0.2, 0.25) is 0 Å².